The number of nitrogens with zero attached hydrogens (tertiary/aromatic N) is 1. The van der Waals surface area contributed by atoms with E-state index in [0.717, 1.165) is 11.3 Å². The first-order valence-corrected chi connectivity index (χ1v) is 6.63. The lowest BCUT2D eigenvalue weighted by atomic mass is 10.2. The van der Waals surface area contributed by atoms with Crippen molar-refractivity contribution in [3.8, 4) is 0 Å². The molecule has 0 saturated heterocycles. The third kappa shape index (κ3) is 2.89. The Balaban J connectivity index is 2.48. The van der Waals surface area contributed by atoms with Crippen LogP contribution in [0.1, 0.15) is 16.8 Å². The van der Waals surface area contributed by atoms with E-state index in [1.165, 1.54) is 16.7 Å². The topological polar surface area (TPSA) is 48.0 Å². The van der Waals surface area contributed by atoms with Gasteiger partial charge in [0.15, 0.2) is 0 Å². The zero-order valence-corrected chi connectivity index (χ0v) is 12.3. The highest BCUT2D eigenvalue weighted by Gasteiger charge is 2.10. The lowest BCUT2D eigenvalue weighted by Crippen LogP contribution is -2.30. The molecule has 0 saturated carbocycles. The first-order chi connectivity index (χ1) is 9.40. The van der Waals surface area contributed by atoms with Crippen LogP contribution in [-0.4, -0.2) is 9.56 Å². The molecule has 2 aromatic rings. The molecular weight excluding hydrogens is 299 g/mol. The summed E-state index contributed by atoms with van der Waals surface area (Å²) in [7, 11) is 0. The molecule has 0 bridgehead atoms. The highest BCUT2D eigenvalue weighted by Crippen LogP contribution is 2.16. The fourth-order valence-electron chi connectivity index (χ4n) is 1.88. The van der Waals surface area contributed by atoms with Crippen molar-refractivity contribution in [2.45, 2.75) is 13.5 Å². The average Bonchev–Trinajstić information content (AvgIpc) is 2.38. The van der Waals surface area contributed by atoms with Crippen LogP contribution < -0.4 is 11.3 Å². The number of pyridine rings is 1. The van der Waals surface area contributed by atoms with E-state index in [4.69, 9.17) is 29.6 Å². The Bertz CT molecular complexity index is 742. The number of rotatable bonds is 3. The predicted octanol–water partition coefficient (Wildman–Crippen LogP) is 2.63. The summed E-state index contributed by atoms with van der Waals surface area (Å²) in [6.07, 6.45) is 0. The van der Waals surface area contributed by atoms with Gasteiger partial charge in [0.1, 0.15) is 10.8 Å². The van der Waals surface area contributed by atoms with Gasteiger partial charge >= 0.3 is 0 Å². The molecule has 0 radical (unpaired) electrons. The van der Waals surface area contributed by atoms with Crippen LogP contribution >= 0.6 is 23.8 Å². The fraction of sp³-hybridized carbons (Fsp3) is 0.143. The number of hydrogen-bond acceptors (Lipinski definition) is 2. The highest BCUT2D eigenvalue weighted by atomic mass is 35.5. The second-order valence-corrected chi connectivity index (χ2v) is 5.24. The van der Waals surface area contributed by atoms with Gasteiger partial charge in [0.05, 0.1) is 17.1 Å². The summed E-state index contributed by atoms with van der Waals surface area (Å²) < 4.78 is 14.7. The lowest BCUT2D eigenvalue weighted by Gasteiger charge is -2.12. The van der Waals surface area contributed by atoms with Gasteiger partial charge in [-0.3, -0.25) is 4.79 Å². The third-order valence-electron chi connectivity index (χ3n) is 2.98. The van der Waals surface area contributed by atoms with Gasteiger partial charge in [-0.05, 0) is 36.8 Å². The van der Waals surface area contributed by atoms with Gasteiger partial charge in [0, 0.05) is 5.69 Å². The van der Waals surface area contributed by atoms with Gasteiger partial charge in [-0.15, -0.1) is 0 Å². The number of benzene rings is 1. The van der Waals surface area contributed by atoms with Crippen molar-refractivity contribution in [3.05, 3.63) is 68.3 Å². The summed E-state index contributed by atoms with van der Waals surface area (Å²) in [6, 6.07) is 7.72. The maximum atomic E-state index is 13.1. The molecule has 0 fully saturated rings. The molecule has 3 nitrogen and oxygen atoms in total. The van der Waals surface area contributed by atoms with Crippen molar-refractivity contribution in [2.24, 2.45) is 5.73 Å². The Labute approximate surface area is 125 Å². The Morgan fingerprint density at radius 3 is 2.70 bits per heavy atom. The molecule has 0 amide bonds. The van der Waals surface area contributed by atoms with E-state index in [9.17, 15) is 9.18 Å². The van der Waals surface area contributed by atoms with Crippen LogP contribution in [-0.2, 0) is 6.54 Å². The van der Waals surface area contributed by atoms with Crippen LogP contribution in [0.15, 0.2) is 35.1 Å². The molecule has 1 aromatic carbocycles. The van der Waals surface area contributed by atoms with Crippen LogP contribution in [0.2, 0.25) is 5.02 Å². The summed E-state index contributed by atoms with van der Waals surface area (Å²) in [6.45, 7) is 2.08. The quantitative estimate of drug-likeness (QED) is 0.887. The zero-order chi connectivity index (χ0) is 14.9. The second kappa shape index (κ2) is 5.73. The normalized spacial score (nSPS) is 10.6. The first kappa shape index (κ1) is 14.7. The number of thiocarbonyl (C=S) groups is 1. The van der Waals surface area contributed by atoms with E-state index < -0.39 is 5.82 Å². The monoisotopic (exact) mass is 310 g/mol. The van der Waals surface area contributed by atoms with Crippen molar-refractivity contribution in [3.63, 3.8) is 0 Å². The van der Waals surface area contributed by atoms with Gasteiger partial charge in [0.2, 0.25) is 0 Å². The van der Waals surface area contributed by atoms with Crippen LogP contribution in [0.4, 0.5) is 4.39 Å². The minimum Gasteiger partial charge on any atom is -0.389 e. The second-order valence-electron chi connectivity index (χ2n) is 4.39. The molecule has 1 heterocycles. The average molecular weight is 311 g/mol. The van der Waals surface area contributed by atoms with E-state index in [1.807, 2.05) is 0 Å². The molecule has 0 aliphatic carbocycles. The molecule has 20 heavy (non-hydrogen) atoms. The van der Waals surface area contributed by atoms with Crippen molar-refractivity contribution in [1.29, 1.82) is 0 Å². The largest absolute Gasteiger partial charge is 0.389 e. The van der Waals surface area contributed by atoms with E-state index in [2.05, 4.69) is 0 Å². The summed E-state index contributed by atoms with van der Waals surface area (Å²) in [5.41, 5.74) is 7.03. The third-order valence-corrected chi connectivity index (χ3v) is 3.49. The molecule has 0 unspecified atom stereocenters. The maximum absolute atomic E-state index is 13.1. The maximum Gasteiger partial charge on any atom is 0.261 e. The number of aryl methyl sites for hydroxylation is 1. The number of hydrogen-bond donors (Lipinski definition) is 1. The van der Waals surface area contributed by atoms with E-state index >= 15 is 0 Å². The molecule has 0 aliphatic rings. The van der Waals surface area contributed by atoms with Gasteiger partial charge in [-0.25, -0.2) is 4.39 Å². The van der Waals surface area contributed by atoms with Gasteiger partial charge < -0.3 is 10.3 Å². The standard InChI is InChI=1S/C14H12ClFN2OS/c1-8-2-4-10(13(17)20)14(19)18(8)7-9-3-5-12(16)11(15)6-9/h2-6H,7H2,1H3,(H2,17,20). The lowest BCUT2D eigenvalue weighted by molar-refractivity contribution is 0.626. The van der Waals surface area contributed by atoms with Crippen molar-refractivity contribution < 1.29 is 4.39 Å². The Kier molecular flexibility index (Phi) is 4.20. The Morgan fingerprint density at radius 2 is 2.10 bits per heavy atom. The van der Waals surface area contributed by atoms with Crippen LogP contribution in [0.5, 0.6) is 0 Å². The molecule has 0 aliphatic heterocycles. The minimum absolute atomic E-state index is 0.0266. The molecular formula is C14H12ClFN2OS. The van der Waals surface area contributed by atoms with Crippen LogP contribution in [0, 0.1) is 12.7 Å². The summed E-state index contributed by atoms with van der Waals surface area (Å²) >= 11 is 10.6. The number of aromatic nitrogens is 1. The minimum atomic E-state index is -0.489. The Hall–Kier alpha value is -1.72. The van der Waals surface area contributed by atoms with Gasteiger partial charge in [-0.1, -0.05) is 29.9 Å². The van der Waals surface area contributed by atoms with Crippen LogP contribution in [0.3, 0.4) is 0 Å². The summed E-state index contributed by atoms with van der Waals surface area (Å²) in [4.78, 5) is 12.3. The molecule has 0 atom stereocenters. The van der Waals surface area contributed by atoms with E-state index in [1.54, 1.807) is 25.1 Å². The summed E-state index contributed by atoms with van der Waals surface area (Å²) in [5, 5.41) is 0.0266. The summed E-state index contributed by atoms with van der Waals surface area (Å²) in [5.74, 6) is -0.489. The zero-order valence-electron chi connectivity index (χ0n) is 10.7. The number of nitrogens with two attached hydrogens (primary N) is 1. The first-order valence-electron chi connectivity index (χ1n) is 5.84. The predicted molar refractivity (Wildman–Crippen MR) is 81.8 cm³/mol. The molecule has 1 aromatic heterocycles. The van der Waals surface area contributed by atoms with Gasteiger partial charge in [-0.2, -0.15) is 0 Å². The van der Waals surface area contributed by atoms with E-state index in [-0.39, 0.29) is 22.1 Å². The van der Waals surface area contributed by atoms with E-state index in [0.29, 0.717) is 5.56 Å². The molecule has 2 N–H and O–H groups in total. The van der Waals surface area contributed by atoms with Crippen molar-refractivity contribution in [1.82, 2.24) is 4.57 Å². The number of halogens is 2. The SMILES string of the molecule is Cc1ccc(C(N)=S)c(=O)n1Cc1ccc(F)c(Cl)c1. The molecule has 6 heteroatoms. The molecule has 0 spiro atoms. The molecule has 2 rings (SSSR count). The molecule has 104 valence electrons. The fourth-order valence-corrected chi connectivity index (χ4v) is 2.23. The Morgan fingerprint density at radius 1 is 1.40 bits per heavy atom. The smallest absolute Gasteiger partial charge is 0.261 e. The van der Waals surface area contributed by atoms with Crippen LogP contribution in [0.25, 0.3) is 0 Å². The van der Waals surface area contributed by atoms with Crippen molar-refractivity contribution >= 4 is 28.8 Å². The highest BCUT2D eigenvalue weighted by molar-refractivity contribution is 7.80. The van der Waals surface area contributed by atoms with Gasteiger partial charge in [0.25, 0.3) is 5.56 Å². The van der Waals surface area contributed by atoms with Crippen molar-refractivity contribution in [2.75, 3.05) is 0 Å².